The highest BCUT2D eigenvalue weighted by molar-refractivity contribution is 6.63. The van der Waals surface area contributed by atoms with Crippen molar-refractivity contribution in [2.24, 2.45) is 0 Å². The SMILES string of the molecule is COc1ccc(C=O)cc1B1OC(C)(C)C(C)(C)O1. The zero-order valence-electron chi connectivity index (χ0n) is 12.0. The van der Waals surface area contributed by atoms with Crippen LogP contribution >= 0.6 is 0 Å². The third-order valence-electron chi connectivity index (χ3n) is 3.90. The Kier molecular flexibility index (Phi) is 3.45. The Hall–Kier alpha value is -1.33. The van der Waals surface area contributed by atoms with E-state index in [2.05, 4.69) is 0 Å². The average Bonchev–Trinajstić information content (AvgIpc) is 2.57. The molecule has 4 nitrogen and oxygen atoms in total. The minimum atomic E-state index is -0.528. The lowest BCUT2D eigenvalue weighted by Gasteiger charge is -2.32. The van der Waals surface area contributed by atoms with Gasteiger partial charge in [0.05, 0.1) is 18.3 Å². The van der Waals surface area contributed by atoms with E-state index in [1.165, 1.54) is 0 Å². The van der Waals surface area contributed by atoms with Gasteiger partial charge in [0.15, 0.2) is 0 Å². The van der Waals surface area contributed by atoms with Gasteiger partial charge in [-0.15, -0.1) is 0 Å². The van der Waals surface area contributed by atoms with E-state index in [1.807, 2.05) is 27.7 Å². The second-order valence-electron chi connectivity index (χ2n) is 5.71. The number of ether oxygens (including phenoxy) is 1. The Morgan fingerprint density at radius 3 is 2.21 bits per heavy atom. The Morgan fingerprint density at radius 1 is 1.16 bits per heavy atom. The molecule has 1 fully saturated rings. The molecule has 1 aliphatic heterocycles. The van der Waals surface area contributed by atoms with Gasteiger partial charge in [0, 0.05) is 11.0 Å². The smallest absolute Gasteiger partial charge is 0.497 e. The van der Waals surface area contributed by atoms with Crippen LogP contribution in [0.4, 0.5) is 0 Å². The molecule has 1 aromatic rings. The second kappa shape index (κ2) is 4.65. The number of hydrogen-bond acceptors (Lipinski definition) is 4. The molecule has 0 spiro atoms. The van der Waals surface area contributed by atoms with Crippen molar-refractivity contribution in [1.29, 1.82) is 0 Å². The standard InChI is InChI=1S/C14H19BO4/c1-13(2)14(3,4)19-15(18-13)11-8-10(9-16)6-7-12(11)17-5/h6-9H,1-5H3. The first kappa shape index (κ1) is 14.1. The third-order valence-corrected chi connectivity index (χ3v) is 3.90. The molecular formula is C14H19BO4. The number of hydrogen-bond donors (Lipinski definition) is 0. The van der Waals surface area contributed by atoms with Crippen LogP contribution in [0.1, 0.15) is 38.1 Å². The molecule has 0 saturated carbocycles. The van der Waals surface area contributed by atoms with Gasteiger partial charge < -0.3 is 14.0 Å². The van der Waals surface area contributed by atoms with Crippen LogP contribution in [0.5, 0.6) is 5.75 Å². The Labute approximate surface area is 114 Å². The fraction of sp³-hybridized carbons (Fsp3) is 0.500. The van der Waals surface area contributed by atoms with Crippen LogP contribution in [0.15, 0.2) is 18.2 Å². The van der Waals surface area contributed by atoms with Crippen LogP contribution in [0.2, 0.25) is 0 Å². The van der Waals surface area contributed by atoms with Gasteiger partial charge in [-0.25, -0.2) is 0 Å². The Balaban J connectivity index is 2.40. The summed E-state index contributed by atoms with van der Waals surface area (Å²) in [6.45, 7) is 7.96. The summed E-state index contributed by atoms with van der Waals surface area (Å²) in [6, 6.07) is 5.21. The topological polar surface area (TPSA) is 44.8 Å². The molecule has 102 valence electrons. The normalized spacial score (nSPS) is 20.4. The summed E-state index contributed by atoms with van der Waals surface area (Å²) in [4.78, 5) is 10.9. The van der Waals surface area contributed by atoms with Crippen LogP contribution in [-0.2, 0) is 9.31 Å². The number of carbonyl (C=O) groups is 1. The number of benzene rings is 1. The molecular weight excluding hydrogens is 243 g/mol. The second-order valence-corrected chi connectivity index (χ2v) is 5.71. The van der Waals surface area contributed by atoms with Gasteiger partial charge in [0.1, 0.15) is 12.0 Å². The van der Waals surface area contributed by atoms with E-state index in [1.54, 1.807) is 25.3 Å². The lowest BCUT2D eigenvalue weighted by atomic mass is 9.77. The predicted molar refractivity (Wildman–Crippen MR) is 74.1 cm³/mol. The molecule has 0 amide bonds. The number of rotatable bonds is 3. The number of aldehydes is 1. The van der Waals surface area contributed by atoms with Gasteiger partial charge in [-0.05, 0) is 45.9 Å². The zero-order chi connectivity index (χ0) is 14.3. The Bertz CT molecular complexity index is 480. The maximum Gasteiger partial charge on any atom is 0.498 e. The first-order valence-electron chi connectivity index (χ1n) is 6.29. The molecule has 0 N–H and O–H groups in total. The van der Waals surface area contributed by atoms with E-state index in [0.717, 1.165) is 11.7 Å². The quantitative estimate of drug-likeness (QED) is 0.615. The van der Waals surface area contributed by atoms with Crippen LogP contribution in [0.3, 0.4) is 0 Å². The highest BCUT2D eigenvalue weighted by Gasteiger charge is 2.52. The summed E-state index contributed by atoms with van der Waals surface area (Å²) in [7, 11) is 1.06. The van der Waals surface area contributed by atoms with E-state index in [0.29, 0.717) is 11.3 Å². The molecule has 0 aliphatic carbocycles. The van der Waals surface area contributed by atoms with Gasteiger partial charge in [0.2, 0.25) is 0 Å². The molecule has 0 atom stereocenters. The van der Waals surface area contributed by atoms with E-state index in [4.69, 9.17) is 14.0 Å². The molecule has 19 heavy (non-hydrogen) atoms. The van der Waals surface area contributed by atoms with Crippen LogP contribution in [0.25, 0.3) is 0 Å². The van der Waals surface area contributed by atoms with Gasteiger partial charge in [-0.2, -0.15) is 0 Å². The predicted octanol–water partition coefficient (Wildman–Crippen LogP) is 1.81. The van der Waals surface area contributed by atoms with Crippen molar-refractivity contribution in [3.63, 3.8) is 0 Å². The number of methoxy groups -OCH3 is 1. The minimum absolute atomic E-state index is 0.417. The molecule has 2 rings (SSSR count). The summed E-state index contributed by atoms with van der Waals surface area (Å²) >= 11 is 0. The molecule has 1 aromatic carbocycles. The van der Waals surface area contributed by atoms with Crippen LogP contribution < -0.4 is 10.2 Å². The van der Waals surface area contributed by atoms with Gasteiger partial charge in [-0.1, -0.05) is 0 Å². The van der Waals surface area contributed by atoms with Gasteiger partial charge in [0.25, 0.3) is 0 Å². The fourth-order valence-electron chi connectivity index (χ4n) is 1.98. The fourth-order valence-corrected chi connectivity index (χ4v) is 1.98. The molecule has 1 aliphatic rings. The van der Waals surface area contributed by atoms with E-state index in [9.17, 15) is 4.79 Å². The Morgan fingerprint density at radius 2 is 1.74 bits per heavy atom. The maximum absolute atomic E-state index is 10.9. The highest BCUT2D eigenvalue weighted by atomic mass is 16.7. The minimum Gasteiger partial charge on any atom is -0.497 e. The van der Waals surface area contributed by atoms with Crippen LogP contribution in [0, 0.1) is 0 Å². The molecule has 0 radical (unpaired) electrons. The lowest BCUT2D eigenvalue weighted by Crippen LogP contribution is -2.41. The number of carbonyl (C=O) groups excluding carboxylic acids is 1. The summed E-state index contributed by atoms with van der Waals surface area (Å²) in [6.07, 6.45) is 0.800. The summed E-state index contributed by atoms with van der Waals surface area (Å²) in [5.41, 5.74) is 0.482. The molecule has 0 bridgehead atoms. The van der Waals surface area contributed by atoms with Crippen molar-refractivity contribution >= 4 is 18.9 Å². The van der Waals surface area contributed by atoms with Crippen LogP contribution in [-0.4, -0.2) is 31.7 Å². The lowest BCUT2D eigenvalue weighted by molar-refractivity contribution is 0.00578. The van der Waals surface area contributed by atoms with E-state index >= 15 is 0 Å². The third kappa shape index (κ3) is 2.40. The van der Waals surface area contributed by atoms with Crippen molar-refractivity contribution in [2.45, 2.75) is 38.9 Å². The molecule has 5 heteroatoms. The monoisotopic (exact) mass is 262 g/mol. The van der Waals surface area contributed by atoms with E-state index in [-0.39, 0.29) is 0 Å². The summed E-state index contributed by atoms with van der Waals surface area (Å²) in [5.74, 6) is 0.657. The van der Waals surface area contributed by atoms with E-state index < -0.39 is 18.3 Å². The highest BCUT2D eigenvalue weighted by Crippen LogP contribution is 2.37. The van der Waals surface area contributed by atoms with Gasteiger partial charge >= 0.3 is 7.12 Å². The largest absolute Gasteiger partial charge is 0.498 e. The van der Waals surface area contributed by atoms with Crippen molar-refractivity contribution in [2.75, 3.05) is 7.11 Å². The molecule has 1 heterocycles. The van der Waals surface area contributed by atoms with Gasteiger partial charge in [-0.3, -0.25) is 4.79 Å². The molecule has 1 saturated heterocycles. The first-order chi connectivity index (χ1) is 8.80. The first-order valence-corrected chi connectivity index (χ1v) is 6.29. The van der Waals surface area contributed by atoms with Crippen molar-refractivity contribution in [3.8, 4) is 5.75 Å². The van der Waals surface area contributed by atoms with Crippen molar-refractivity contribution < 1.29 is 18.8 Å². The van der Waals surface area contributed by atoms with Crippen molar-refractivity contribution in [1.82, 2.24) is 0 Å². The zero-order valence-corrected chi connectivity index (χ0v) is 12.0. The maximum atomic E-state index is 10.9. The summed E-state index contributed by atoms with van der Waals surface area (Å²) in [5, 5.41) is 0. The summed E-state index contributed by atoms with van der Waals surface area (Å²) < 4.78 is 17.3. The molecule has 0 aromatic heterocycles. The molecule has 0 unspecified atom stereocenters. The average molecular weight is 262 g/mol. The van der Waals surface area contributed by atoms with Crippen molar-refractivity contribution in [3.05, 3.63) is 23.8 Å².